The Balaban J connectivity index is 2.18. The molecule has 0 aromatic heterocycles. The first-order chi connectivity index (χ1) is 7.81. The van der Waals surface area contributed by atoms with Gasteiger partial charge in [-0.25, -0.2) is 0 Å². The van der Waals surface area contributed by atoms with E-state index in [0.29, 0.717) is 10.8 Å². The maximum absolute atomic E-state index is 6.05. The summed E-state index contributed by atoms with van der Waals surface area (Å²) in [6.07, 6.45) is 8.11. The maximum atomic E-state index is 6.05. The van der Waals surface area contributed by atoms with Crippen molar-refractivity contribution in [1.82, 2.24) is 0 Å². The van der Waals surface area contributed by atoms with Crippen molar-refractivity contribution in [1.29, 1.82) is 0 Å². The first-order valence-electron chi connectivity index (χ1n) is 7.45. The van der Waals surface area contributed by atoms with E-state index in [1.807, 2.05) is 0 Å². The van der Waals surface area contributed by atoms with Gasteiger partial charge in [-0.05, 0) is 62.7 Å². The Morgan fingerprint density at radius 1 is 1.06 bits per heavy atom. The van der Waals surface area contributed by atoms with Crippen molar-refractivity contribution in [2.45, 2.75) is 78.7 Å². The van der Waals surface area contributed by atoms with Crippen molar-refractivity contribution in [2.24, 2.45) is 16.7 Å². The average Bonchev–Trinajstić information content (AvgIpc) is 2.14. The monoisotopic (exact) mass is 238 g/mol. The van der Waals surface area contributed by atoms with Gasteiger partial charge >= 0.3 is 0 Å². The van der Waals surface area contributed by atoms with E-state index in [-0.39, 0.29) is 5.60 Å². The van der Waals surface area contributed by atoms with Crippen molar-refractivity contribution in [3.63, 3.8) is 0 Å². The molecule has 3 atom stereocenters. The predicted octanol–water partition coefficient (Wildman–Crippen LogP) is 4.80. The molecule has 0 bridgehead atoms. The van der Waals surface area contributed by atoms with E-state index in [2.05, 4.69) is 34.6 Å². The lowest BCUT2D eigenvalue weighted by atomic mass is 9.49. The fraction of sp³-hybridized carbons (Fsp3) is 1.00. The van der Waals surface area contributed by atoms with Gasteiger partial charge in [0.05, 0.1) is 5.60 Å². The second-order valence-corrected chi connectivity index (χ2v) is 7.65. The fourth-order valence-corrected chi connectivity index (χ4v) is 5.05. The minimum Gasteiger partial charge on any atom is -0.376 e. The number of fused-ring (bicyclic) bond motifs is 1. The molecular formula is C16H30O. The summed E-state index contributed by atoms with van der Waals surface area (Å²) in [6, 6.07) is 0. The molecule has 2 aliphatic rings. The van der Waals surface area contributed by atoms with Crippen LogP contribution in [0.4, 0.5) is 0 Å². The zero-order valence-corrected chi connectivity index (χ0v) is 12.4. The molecule has 1 nitrogen and oxygen atoms in total. The summed E-state index contributed by atoms with van der Waals surface area (Å²) in [5.74, 6) is 0.900. The molecule has 0 amide bonds. The van der Waals surface area contributed by atoms with Crippen molar-refractivity contribution in [2.75, 3.05) is 6.61 Å². The Morgan fingerprint density at radius 2 is 1.76 bits per heavy atom. The van der Waals surface area contributed by atoms with Gasteiger partial charge in [0, 0.05) is 6.61 Å². The summed E-state index contributed by atoms with van der Waals surface area (Å²) < 4.78 is 6.05. The third-order valence-corrected chi connectivity index (χ3v) is 5.59. The molecule has 0 radical (unpaired) electrons. The van der Waals surface area contributed by atoms with Crippen LogP contribution < -0.4 is 0 Å². The van der Waals surface area contributed by atoms with Crippen LogP contribution in [0, 0.1) is 16.7 Å². The van der Waals surface area contributed by atoms with Crippen molar-refractivity contribution >= 4 is 0 Å². The van der Waals surface area contributed by atoms with E-state index < -0.39 is 0 Å². The summed E-state index contributed by atoms with van der Waals surface area (Å²) in [7, 11) is 0. The van der Waals surface area contributed by atoms with E-state index in [9.17, 15) is 0 Å². The average molecular weight is 238 g/mol. The molecule has 2 aliphatic carbocycles. The van der Waals surface area contributed by atoms with Crippen LogP contribution in [-0.4, -0.2) is 12.2 Å². The van der Waals surface area contributed by atoms with E-state index >= 15 is 0 Å². The van der Waals surface area contributed by atoms with Crippen molar-refractivity contribution in [3.8, 4) is 0 Å². The zero-order valence-electron chi connectivity index (χ0n) is 12.4. The Labute approximate surface area is 107 Å². The van der Waals surface area contributed by atoms with Gasteiger partial charge in [0.1, 0.15) is 0 Å². The second kappa shape index (κ2) is 4.26. The van der Waals surface area contributed by atoms with Gasteiger partial charge in [-0.2, -0.15) is 0 Å². The summed E-state index contributed by atoms with van der Waals surface area (Å²) in [4.78, 5) is 0. The minimum absolute atomic E-state index is 0.146. The third kappa shape index (κ3) is 2.41. The van der Waals surface area contributed by atoms with Crippen LogP contribution in [0.5, 0.6) is 0 Å². The lowest BCUT2D eigenvalue weighted by molar-refractivity contribution is -0.140. The standard InChI is InChI=1S/C16H30O/c1-6-17-16(5)11-8-13-14(2,3)9-7-10-15(13,4)12-16/h13H,6-12H2,1-5H3/t13-,15+,16-/m0/s1. The molecule has 1 heteroatoms. The second-order valence-electron chi connectivity index (χ2n) is 7.65. The predicted molar refractivity (Wildman–Crippen MR) is 73.1 cm³/mol. The SMILES string of the molecule is CCO[C@@]1(C)CC[C@H]2C(C)(C)CCC[C@]2(C)C1. The van der Waals surface area contributed by atoms with Gasteiger partial charge in [0.25, 0.3) is 0 Å². The fourth-order valence-electron chi connectivity index (χ4n) is 5.05. The Kier molecular flexibility index (Phi) is 3.36. The van der Waals surface area contributed by atoms with Crippen LogP contribution in [0.1, 0.15) is 73.1 Å². The van der Waals surface area contributed by atoms with Gasteiger partial charge in [-0.3, -0.25) is 0 Å². The number of hydrogen-bond acceptors (Lipinski definition) is 1. The topological polar surface area (TPSA) is 9.23 Å². The van der Waals surface area contributed by atoms with Gasteiger partial charge < -0.3 is 4.74 Å². The molecule has 0 aliphatic heterocycles. The summed E-state index contributed by atoms with van der Waals surface area (Å²) in [5.41, 5.74) is 1.21. The molecule has 0 aromatic rings. The van der Waals surface area contributed by atoms with Crippen molar-refractivity contribution < 1.29 is 4.74 Å². The molecule has 0 spiro atoms. The highest BCUT2D eigenvalue weighted by molar-refractivity contribution is 5.03. The largest absolute Gasteiger partial charge is 0.376 e. The first-order valence-corrected chi connectivity index (χ1v) is 7.45. The van der Waals surface area contributed by atoms with E-state index in [1.54, 1.807) is 0 Å². The third-order valence-electron chi connectivity index (χ3n) is 5.59. The minimum atomic E-state index is 0.146. The van der Waals surface area contributed by atoms with E-state index in [4.69, 9.17) is 4.74 Å². The molecule has 2 saturated carbocycles. The molecule has 17 heavy (non-hydrogen) atoms. The quantitative estimate of drug-likeness (QED) is 0.671. The number of hydrogen-bond donors (Lipinski definition) is 0. The van der Waals surface area contributed by atoms with E-state index in [1.165, 1.54) is 38.5 Å². The lowest BCUT2D eigenvalue weighted by Crippen LogP contribution is -2.51. The van der Waals surface area contributed by atoms with Crippen LogP contribution >= 0.6 is 0 Å². The molecular weight excluding hydrogens is 208 g/mol. The Morgan fingerprint density at radius 3 is 2.41 bits per heavy atom. The molecule has 2 fully saturated rings. The lowest BCUT2D eigenvalue weighted by Gasteiger charge is -2.57. The maximum Gasteiger partial charge on any atom is 0.0659 e. The normalized spacial score (nSPS) is 45.4. The summed E-state index contributed by atoms with van der Waals surface area (Å²) in [5, 5.41) is 0. The molecule has 0 aromatic carbocycles. The molecule has 100 valence electrons. The highest BCUT2D eigenvalue weighted by Crippen LogP contribution is 2.59. The highest BCUT2D eigenvalue weighted by atomic mass is 16.5. The van der Waals surface area contributed by atoms with Crippen LogP contribution in [-0.2, 0) is 4.74 Å². The molecule has 0 saturated heterocycles. The number of rotatable bonds is 2. The summed E-state index contributed by atoms with van der Waals surface area (Å²) in [6.45, 7) is 12.8. The zero-order chi connectivity index (χ0) is 12.7. The van der Waals surface area contributed by atoms with Gasteiger partial charge in [-0.15, -0.1) is 0 Å². The molecule has 0 N–H and O–H groups in total. The smallest absolute Gasteiger partial charge is 0.0659 e. The Hall–Kier alpha value is -0.0400. The molecule has 0 heterocycles. The van der Waals surface area contributed by atoms with Crippen LogP contribution in [0.3, 0.4) is 0 Å². The highest BCUT2D eigenvalue weighted by Gasteiger charge is 2.52. The Bertz CT molecular complexity index is 283. The molecule has 2 rings (SSSR count). The van der Waals surface area contributed by atoms with Crippen LogP contribution in [0.15, 0.2) is 0 Å². The van der Waals surface area contributed by atoms with Gasteiger partial charge in [-0.1, -0.05) is 27.2 Å². The van der Waals surface area contributed by atoms with Gasteiger partial charge in [0.15, 0.2) is 0 Å². The van der Waals surface area contributed by atoms with Crippen LogP contribution in [0.25, 0.3) is 0 Å². The van der Waals surface area contributed by atoms with Crippen LogP contribution in [0.2, 0.25) is 0 Å². The van der Waals surface area contributed by atoms with E-state index in [0.717, 1.165) is 12.5 Å². The molecule has 0 unspecified atom stereocenters. The van der Waals surface area contributed by atoms with Gasteiger partial charge in [0.2, 0.25) is 0 Å². The van der Waals surface area contributed by atoms with Crippen molar-refractivity contribution in [3.05, 3.63) is 0 Å². The summed E-state index contributed by atoms with van der Waals surface area (Å²) >= 11 is 0. The number of ether oxygens (including phenoxy) is 1. The first kappa shape index (κ1) is 13.4.